The predicted octanol–water partition coefficient (Wildman–Crippen LogP) is 4.94. The van der Waals surface area contributed by atoms with Crippen LogP contribution in [0.1, 0.15) is 25.6 Å². The molecule has 2 aromatic rings. The van der Waals surface area contributed by atoms with Crippen LogP contribution in [0.4, 0.5) is 21.7 Å². The lowest BCUT2D eigenvalue weighted by Gasteiger charge is -2.13. The van der Waals surface area contributed by atoms with Crippen molar-refractivity contribution in [3.05, 3.63) is 39.3 Å². The normalized spacial score (nSPS) is 10.8. The van der Waals surface area contributed by atoms with Gasteiger partial charge in [0.1, 0.15) is 23.3 Å². The zero-order valence-corrected chi connectivity index (χ0v) is 14.2. The summed E-state index contributed by atoms with van der Waals surface area (Å²) in [7, 11) is 1.79. The topological polar surface area (TPSA) is 49.8 Å². The Morgan fingerprint density at radius 1 is 1.19 bits per heavy atom. The second-order valence-corrected chi connectivity index (χ2v) is 6.03. The van der Waals surface area contributed by atoms with Crippen LogP contribution in [0.2, 0.25) is 5.02 Å². The van der Waals surface area contributed by atoms with Gasteiger partial charge < -0.3 is 10.6 Å². The molecule has 0 aliphatic heterocycles. The summed E-state index contributed by atoms with van der Waals surface area (Å²) in [5.41, 5.74) is 0.563. The number of nitrogens with zero attached hydrogens (tertiary/aromatic N) is 2. The summed E-state index contributed by atoms with van der Waals surface area (Å²) in [6.07, 6.45) is 0. The third kappa shape index (κ3) is 3.83. The van der Waals surface area contributed by atoms with E-state index in [1.807, 2.05) is 13.8 Å². The minimum atomic E-state index is -0.404. The first-order valence-electron chi connectivity index (χ1n) is 6.39. The zero-order chi connectivity index (χ0) is 15.6. The Kier molecular flexibility index (Phi) is 5.00. The van der Waals surface area contributed by atoms with Gasteiger partial charge in [0.25, 0.3) is 0 Å². The van der Waals surface area contributed by atoms with Crippen LogP contribution in [-0.4, -0.2) is 17.0 Å². The Balaban J connectivity index is 2.42. The number of rotatable bonds is 4. The van der Waals surface area contributed by atoms with Gasteiger partial charge in [-0.2, -0.15) is 0 Å². The number of hydrogen-bond donors (Lipinski definition) is 2. The third-order valence-electron chi connectivity index (χ3n) is 2.78. The van der Waals surface area contributed by atoms with E-state index in [0.717, 1.165) is 0 Å². The van der Waals surface area contributed by atoms with Crippen molar-refractivity contribution in [2.45, 2.75) is 19.8 Å². The molecule has 21 heavy (non-hydrogen) atoms. The van der Waals surface area contributed by atoms with Crippen molar-refractivity contribution in [3.8, 4) is 0 Å². The summed E-state index contributed by atoms with van der Waals surface area (Å²) in [4.78, 5) is 8.83. The Bertz CT molecular complexity index is 640. The molecule has 0 saturated carbocycles. The lowest BCUT2D eigenvalue weighted by atomic mass is 10.2. The van der Waals surface area contributed by atoms with Crippen LogP contribution in [0.15, 0.2) is 22.7 Å². The van der Waals surface area contributed by atoms with Gasteiger partial charge in [-0.05, 0) is 28.1 Å². The van der Waals surface area contributed by atoms with E-state index in [9.17, 15) is 4.39 Å². The van der Waals surface area contributed by atoms with Gasteiger partial charge in [-0.3, -0.25) is 0 Å². The molecule has 2 N–H and O–H groups in total. The summed E-state index contributed by atoms with van der Waals surface area (Å²) < 4.78 is 13.8. The molecule has 7 heteroatoms. The highest BCUT2D eigenvalue weighted by molar-refractivity contribution is 9.10. The number of benzene rings is 1. The fourth-order valence-electron chi connectivity index (χ4n) is 1.71. The quantitative estimate of drug-likeness (QED) is 0.797. The highest BCUT2D eigenvalue weighted by atomic mass is 79.9. The fourth-order valence-corrected chi connectivity index (χ4v) is 2.60. The molecular formula is C14H15BrClFN4. The van der Waals surface area contributed by atoms with E-state index in [-0.39, 0.29) is 10.9 Å². The van der Waals surface area contributed by atoms with Crippen LogP contribution >= 0.6 is 27.5 Å². The Labute approximate surface area is 136 Å². The first-order valence-corrected chi connectivity index (χ1v) is 7.56. The van der Waals surface area contributed by atoms with Crippen molar-refractivity contribution in [1.29, 1.82) is 0 Å². The second kappa shape index (κ2) is 6.58. The fraction of sp³-hybridized carbons (Fsp3) is 0.286. The van der Waals surface area contributed by atoms with E-state index in [1.54, 1.807) is 13.1 Å². The molecule has 2 rings (SSSR count). The van der Waals surface area contributed by atoms with Crippen LogP contribution in [0.5, 0.6) is 0 Å². The second-order valence-electron chi connectivity index (χ2n) is 4.77. The molecule has 1 aromatic heterocycles. The lowest BCUT2D eigenvalue weighted by Crippen LogP contribution is -2.05. The van der Waals surface area contributed by atoms with E-state index in [2.05, 4.69) is 36.5 Å². The molecule has 1 heterocycles. The molecule has 0 aliphatic rings. The lowest BCUT2D eigenvalue weighted by molar-refractivity contribution is 0.627. The molecule has 0 aliphatic carbocycles. The molecule has 0 radical (unpaired) electrons. The summed E-state index contributed by atoms with van der Waals surface area (Å²) in [5.74, 6) is 1.78. The molecular weight excluding hydrogens is 359 g/mol. The maximum absolute atomic E-state index is 13.3. The highest BCUT2D eigenvalue weighted by Gasteiger charge is 2.12. The van der Waals surface area contributed by atoms with Crippen molar-refractivity contribution in [3.63, 3.8) is 0 Å². The zero-order valence-electron chi connectivity index (χ0n) is 11.8. The van der Waals surface area contributed by atoms with Crippen LogP contribution < -0.4 is 10.6 Å². The van der Waals surface area contributed by atoms with Gasteiger partial charge in [0, 0.05) is 23.5 Å². The summed E-state index contributed by atoms with van der Waals surface area (Å²) in [6.45, 7) is 4.03. The maximum atomic E-state index is 13.3. The highest BCUT2D eigenvalue weighted by Crippen LogP contribution is 2.34. The van der Waals surface area contributed by atoms with Crippen LogP contribution in [0, 0.1) is 5.82 Å². The minimum Gasteiger partial charge on any atom is -0.373 e. The summed E-state index contributed by atoms with van der Waals surface area (Å²) in [6, 6.07) is 4.36. The van der Waals surface area contributed by atoms with E-state index < -0.39 is 5.82 Å². The van der Waals surface area contributed by atoms with Gasteiger partial charge in [-0.1, -0.05) is 25.4 Å². The van der Waals surface area contributed by atoms with Crippen molar-refractivity contribution in [2.24, 2.45) is 0 Å². The minimum absolute atomic E-state index is 0.186. The largest absolute Gasteiger partial charge is 0.373 e. The molecule has 112 valence electrons. The molecule has 0 bridgehead atoms. The predicted molar refractivity (Wildman–Crippen MR) is 88.1 cm³/mol. The maximum Gasteiger partial charge on any atom is 0.136 e. The smallest absolute Gasteiger partial charge is 0.136 e. The number of halogens is 3. The average molecular weight is 374 g/mol. The molecule has 0 unspecified atom stereocenters. The third-order valence-corrected chi connectivity index (χ3v) is 3.70. The van der Waals surface area contributed by atoms with Gasteiger partial charge in [-0.15, -0.1) is 0 Å². The van der Waals surface area contributed by atoms with Gasteiger partial charge in [0.2, 0.25) is 0 Å². The average Bonchev–Trinajstić information content (AvgIpc) is 2.42. The Morgan fingerprint density at radius 2 is 1.86 bits per heavy atom. The molecule has 0 saturated heterocycles. The van der Waals surface area contributed by atoms with Gasteiger partial charge in [-0.25, -0.2) is 14.4 Å². The van der Waals surface area contributed by atoms with Crippen molar-refractivity contribution >= 4 is 44.9 Å². The standard InChI is InChI=1S/C14H15BrClFN4/c1-7(2)14-20-11(18-3)6-12(21-14)19-13-9(15)4-8(17)5-10(13)16/h4-7H,1-3H3,(H2,18,19,20,21). The summed E-state index contributed by atoms with van der Waals surface area (Å²) in [5, 5.41) is 6.37. The Morgan fingerprint density at radius 3 is 2.43 bits per heavy atom. The van der Waals surface area contributed by atoms with Gasteiger partial charge >= 0.3 is 0 Å². The SMILES string of the molecule is CNc1cc(Nc2c(Cl)cc(F)cc2Br)nc(C(C)C)n1. The number of anilines is 3. The van der Waals surface area contributed by atoms with Crippen molar-refractivity contribution < 1.29 is 4.39 Å². The van der Waals surface area contributed by atoms with Crippen LogP contribution in [-0.2, 0) is 0 Å². The number of aromatic nitrogens is 2. The molecule has 4 nitrogen and oxygen atoms in total. The van der Waals surface area contributed by atoms with E-state index in [1.165, 1.54) is 12.1 Å². The van der Waals surface area contributed by atoms with E-state index in [4.69, 9.17) is 11.6 Å². The van der Waals surface area contributed by atoms with Crippen molar-refractivity contribution in [2.75, 3.05) is 17.7 Å². The molecule has 1 aromatic carbocycles. The molecule has 0 spiro atoms. The van der Waals surface area contributed by atoms with Crippen LogP contribution in [0.25, 0.3) is 0 Å². The monoisotopic (exact) mass is 372 g/mol. The first-order chi connectivity index (χ1) is 9.90. The van der Waals surface area contributed by atoms with Crippen LogP contribution in [0.3, 0.4) is 0 Å². The van der Waals surface area contributed by atoms with Crippen molar-refractivity contribution in [1.82, 2.24) is 9.97 Å². The van der Waals surface area contributed by atoms with Gasteiger partial charge in [0.15, 0.2) is 0 Å². The summed E-state index contributed by atoms with van der Waals surface area (Å²) >= 11 is 9.36. The van der Waals surface area contributed by atoms with E-state index in [0.29, 0.717) is 27.6 Å². The molecule has 0 amide bonds. The first kappa shape index (κ1) is 16.0. The number of hydrogen-bond acceptors (Lipinski definition) is 4. The number of nitrogens with one attached hydrogen (secondary N) is 2. The Hall–Kier alpha value is -1.40. The van der Waals surface area contributed by atoms with E-state index >= 15 is 0 Å². The molecule has 0 atom stereocenters. The molecule has 0 fully saturated rings. The van der Waals surface area contributed by atoms with Gasteiger partial charge in [0.05, 0.1) is 10.7 Å².